The normalized spacial score (nSPS) is 15.3. The monoisotopic (exact) mass is 424 g/mol. The predicted molar refractivity (Wildman–Crippen MR) is 118 cm³/mol. The molecule has 1 fully saturated rings. The van der Waals surface area contributed by atoms with Gasteiger partial charge in [0.05, 0.1) is 11.4 Å². The van der Waals surface area contributed by atoms with E-state index >= 15 is 0 Å². The van der Waals surface area contributed by atoms with Crippen molar-refractivity contribution >= 4 is 15.9 Å². The number of rotatable bonds is 4. The summed E-state index contributed by atoms with van der Waals surface area (Å²) in [4.78, 5) is 12.8. The average molecular weight is 425 g/mol. The molecule has 30 heavy (non-hydrogen) atoms. The fourth-order valence-electron chi connectivity index (χ4n) is 4.00. The third kappa shape index (κ3) is 5.10. The van der Waals surface area contributed by atoms with Crippen molar-refractivity contribution in [3.8, 4) is 11.8 Å². The lowest BCUT2D eigenvalue weighted by molar-refractivity contribution is -0.125. The van der Waals surface area contributed by atoms with Crippen molar-refractivity contribution in [3.63, 3.8) is 0 Å². The molecule has 1 saturated heterocycles. The lowest BCUT2D eigenvalue weighted by atomic mass is 9.97. The number of nitrogens with zero attached hydrogens (tertiary/aromatic N) is 1. The van der Waals surface area contributed by atoms with E-state index in [9.17, 15) is 13.2 Å². The van der Waals surface area contributed by atoms with Gasteiger partial charge in [-0.1, -0.05) is 47.7 Å². The van der Waals surface area contributed by atoms with Crippen LogP contribution < -0.4 is 5.32 Å². The Balaban J connectivity index is 1.57. The number of amides is 1. The van der Waals surface area contributed by atoms with Crippen molar-refractivity contribution in [1.82, 2.24) is 9.62 Å². The average Bonchev–Trinajstić information content (AvgIpc) is 2.71. The maximum atomic E-state index is 13.2. The predicted octanol–water partition coefficient (Wildman–Crippen LogP) is 3.18. The van der Waals surface area contributed by atoms with Gasteiger partial charge in [-0.3, -0.25) is 4.79 Å². The SMILES string of the molecule is Cc1cc(C)c(S(=O)(=O)N2CCC(C(=O)NCC#Cc3ccccc3)CC2)c(C)c1. The van der Waals surface area contributed by atoms with Crippen molar-refractivity contribution in [2.75, 3.05) is 19.6 Å². The lowest BCUT2D eigenvalue weighted by Crippen LogP contribution is -2.43. The highest BCUT2D eigenvalue weighted by molar-refractivity contribution is 7.89. The smallest absolute Gasteiger partial charge is 0.243 e. The van der Waals surface area contributed by atoms with E-state index in [1.807, 2.05) is 63.2 Å². The highest BCUT2D eigenvalue weighted by Crippen LogP contribution is 2.28. The van der Waals surface area contributed by atoms with Crippen molar-refractivity contribution in [3.05, 3.63) is 64.7 Å². The molecule has 6 heteroatoms. The van der Waals surface area contributed by atoms with E-state index in [-0.39, 0.29) is 18.4 Å². The molecule has 0 spiro atoms. The zero-order valence-corrected chi connectivity index (χ0v) is 18.6. The largest absolute Gasteiger partial charge is 0.345 e. The third-order valence-electron chi connectivity index (χ3n) is 5.38. The van der Waals surface area contributed by atoms with Crippen LogP contribution in [-0.4, -0.2) is 38.3 Å². The molecule has 2 aromatic rings. The number of nitrogens with one attached hydrogen (secondary N) is 1. The summed E-state index contributed by atoms with van der Waals surface area (Å²) in [5.74, 6) is 5.72. The number of carbonyl (C=O) groups is 1. The van der Waals surface area contributed by atoms with Gasteiger partial charge in [0.1, 0.15) is 0 Å². The Labute approximate surface area is 179 Å². The molecule has 0 atom stereocenters. The van der Waals surface area contributed by atoms with E-state index in [2.05, 4.69) is 17.2 Å². The highest BCUT2D eigenvalue weighted by Gasteiger charge is 2.33. The lowest BCUT2D eigenvalue weighted by Gasteiger charge is -2.31. The molecule has 0 unspecified atom stereocenters. The fraction of sp³-hybridized carbons (Fsp3) is 0.375. The second-order valence-corrected chi connectivity index (χ2v) is 9.67. The molecule has 2 aromatic carbocycles. The molecule has 3 rings (SSSR count). The quantitative estimate of drug-likeness (QED) is 0.767. The summed E-state index contributed by atoms with van der Waals surface area (Å²) < 4.78 is 27.8. The molecule has 1 amide bonds. The van der Waals surface area contributed by atoms with Crippen LogP contribution in [0.25, 0.3) is 0 Å². The van der Waals surface area contributed by atoms with Gasteiger partial charge < -0.3 is 5.32 Å². The van der Waals surface area contributed by atoms with Crippen LogP contribution in [0.2, 0.25) is 0 Å². The summed E-state index contributed by atoms with van der Waals surface area (Å²) in [6, 6.07) is 13.4. The third-order valence-corrected chi connectivity index (χ3v) is 7.59. The summed E-state index contributed by atoms with van der Waals surface area (Å²) in [5, 5.41) is 2.85. The minimum Gasteiger partial charge on any atom is -0.345 e. The summed E-state index contributed by atoms with van der Waals surface area (Å²) in [5.41, 5.74) is 3.50. The highest BCUT2D eigenvalue weighted by atomic mass is 32.2. The topological polar surface area (TPSA) is 66.5 Å². The van der Waals surface area contributed by atoms with Crippen LogP contribution in [0, 0.1) is 38.5 Å². The number of piperidine rings is 1. The van der Waals surface area contributed by atoms with Gasteiger partial charge in [0.15, 0.2) is 0 Å². The molecule has 1 N–H and O–H groups in total. The van der Waals surface area contributed by atoms with Gasteiger partial charge in [-0.15, -0.1) is 0 Å². The van der Waals surface area contributed by atoms with Crippen molar-refractivity contribution in [2.45, 2.75) is 38.5 Å². The van der Waals surface area contributed by atoms with E-state index in [1.54, 1.807) is 0 Å². The van der Waals surface area contributed by atoms with Crippen LogP contribution in [0.3, 0.4) is 0 Å². The standard InChI is InChI=1S/C24H28N2O3S/c1-18-16-19(2)23(20(3)17-18)30(28,29)26-14-11-22(12-15-26)24(27)25-13-7-10-21-8-5-4-6-9-21/h4-6,8-9,16-17,22H,11-15H2,1-3H3,(H,25,27). The van der Waals surface area contributed by atoms with Gasteiger partial charge in [-0.25, -0.2) is 8.42 Å². The van der Waals surface area contributed by atoms with E-state index in [4.69, 9.17) is 0 Å². The number of hydrogen-bond acceptors (Lipinski definition) is 3. The summed E-state index contributed by atoms with van der Waals surface area (Å²) in [6.45, 7) is 6.62. The summed E-state index contributed by atoms with van der Waals surface area (Å²) in [6.07, 6.45) is 1.03. The zero-order valence-electron chi connectivity index (χ0n) is 17.7. The minimum absolute atomic E-state index is 0.0582. The van der Waals surface area contributed by atoms with E-state index in [0.29, 0.717) is 30.8 Å². The molecule has 0 aliphatic carbocycles. The van der Waals surface area contributed by atoms with Crippen LogP contribution >= 0.6 is 0 Å². The van der Waals surface area contributed by atoms with Crippen molar-refractivity contribution in [1.29, 1.82) is 0 Å². The first-order valence-electron chi connectivity index (χ1n) is 10.2. The first kappa shape index (κ1) is 22.1. The number of aryl methyl sites for hydroxylation is 3. The van der Waals surface area contributed by atoms with Crippen LogP contribution in [0.1, 0.15) is 35.1 Å². The first-order chi connectivity index (χ1) is 14.3. The van der Waals surface area contributed by atoms with E-state index in [0.717, 1.165) is 22.3 Å². The van der Waals surface area contributed by atoms with Crippen LogP contribution in [0.5, 0.6) is 0 Å². The molecule has 0 radical (unpaired) electrons. The van der Waals surface area contributed by atoms with E-state index in [1.165, 1.54) is 4.31 Å². The molecule has 1 aliphatic heterocycles. The fourth-order valence-corrected chi connectivity index (χ4v) is 5.89. The summed E-state index contributed by atoms with van der Waals surface area (Å²) >= 11 is 0. The Morgan fingerprint density at radius 3 is 2.27 bits per heavy atom. The Morgan fingerprint density at radius 2 is 1.67 bits per heavy atom. The first-order valence-corrected chi connectivity index (χ1v) is 11.6. The molecule has 0 saturated carbocycles. The minimum atomic E-state index is -3.56. The molecule has 1 aliphatic rings. The molecule has 158 valence electrons. The maximum absolute atomic E-state index is 13.2. The Kier molecular flexibility index (Phi) is 6.96. The van der Waals surface area contributed by atoms with Gasteiger partial charge in [-0.05, 0) is 56.9 Å². The Bertz CT molecular complexity index is 1050. The van der Waals surface area contributed by atoms with Gasteiger partial charge in [0.25, 0.3) is 0 Å². The van der Waals surface area contributed by atoms with Gasteiger partial charge in [-0.2, -0.15) is 4.31 Å². The molecular formula is C24H28N2O3S. The van der Waals surface area contributed by atoms with Crippen LogP contribution in [0.15, 0.2) is 47.4 Å². The number of carbonyl (C=O) groups excluding carboxylic acids is 1. The second kappa shape index (κ2) is 9.46. The molecule has 1 heterocycles. The molecule has 0 bridgehead atoms. The molecular weight excluding hydrogens is 396 g/mol. The van der Waals surface area contributed by atoms with Gasteiger partial charge >= 0.3 is 0 Å². The molecule has 0 aromatic heterocycles. The number of hydrogen-bond donors (Lipinski definition) is 1. The van der Waals surface area contributed by atoms with Gasteiger partial charge in [0, 0.05) is 24.6 Å². The van der Waals surface area contributed by atoms with Crippen molar-refractivity contribution < 1.29 is 13.2 Å². The Hall–Kier alpha value is -2.62. The number of sulfonamides is 1. The van der Waals surface area contributed by atoms with Gasteiger partial charge in [0.2, 0.25) is 15.9 Å². The van der Waals surface area contributed by atoms with Crippen molar-refractivity contribution in [2.24, 2.45) is 5.92 Å². The van der Waals surface area contributed by atoms with Crippen LogP contribution in [-0.2, 0) is 14.8 Å². The second-order valence-electron chi connectivity index (χ2n) is 7.79. The maximum Gasteiger partial charge on any atom is 0.243 e. The molecule has 5 nitrogen and oxygen atoms in total. The Morgan fingerprint density at radius 1 is 1.07 bits per heavy atom. The summed E-state index contributed by atoms with van der Waals surface area (Å²) in [7, 11) is -3.56. The van der Waals surface area contributed by atoms with E-state index < -0.39 is 10.0 Å². The zero-order chi connectivity index (χ0) is 21.7. The van der Waals surface area contributed by atoms with Crippen LogP contribution in [0.4, 0.5) is 0 Å². The number of benzene rings is 2.